The number of hydrogen-bond acceptors (Lipinski definition) is 6. The van der Waals surface area contributed by atoms with Gasteiger partial charge in [0.15, 0.2) is 0 Å². The van der Waals surface area contributed by atoms with Crippen LogP contribution in [0.25, 0.3) is 11.1 Å². The Morgan fingerprint density at radius 1 is 1.04 bits per heavy atom. The Morgan fingerprint density at radius 3 is 1.93 bits per heavy atom. The number of benzene rings is 2. The molecule has 0 aromatic heterocycles. The van der Waals surface area contributed by atoms with Gasteiger partial charge in [-0.1, -0.05) is 26.0 Å². The molecule has 0 bridgehead atoms. The number of nitrogens with zero attached hydrogens (tertiary/aromatic N) is 1. The molecule has 27 heavy (non-hydrogen) atoms. The lowest BCUT2D eigenvalue weighted by molar-refractivity contribution is -0.384. The summed E-state index contributed by atoms with van der Waals surface area (Å²) in [5, 5.41) is 10.7. The monoisotopic (exact) mass is 391 g/mol. The summed E-state index contributed by atoms with van der Waals surface area (Å²) < 4.78 is 32.1. The zero-order valence-electron chi connectivity index (χ0n) is 15.1. The van der Waals surface area contributed by atoms with Crippen molar-refractivity contribution in [2.75, 3.05) is 7.11 Å². The van der Waals surface area contributed by atoms with Crippen LogP contribution in [-0.2, 0) is 19.6 Å². The van der Waals surface area contributed by atoms with Gasteiger partial charge in [0.25, 0.3) is 5.69 Å². The number of nitrogens with one attached hydrogen (secondary N) is 1. The number of carbonyl (C=O) groups is 1. The van der Waals surface area contributed by atoms with Crippen molar-refractivity contribution in [3.63, 3.8) is 0 Å². The first-order valence-corrected chi connectivity index (χ1v) is 9.59. The molecule has 144 valence electrons. The van der Waals surface area contributed by atoms with E-state index in [0.29, 0.717) is 11.1 Å². The molecular weight excluding hydrogens is 371 g/mol. The molecule has 2 aromatic carbocycles. The summed E-state index contributed by atoms with van der Waals surface area (Å²) in [6.45, 7) is 3.42. The Morgan fingerprint density at radius 2 is 1.52 bits per heavy atom. The van der Waals surface area contributed by atoms with Gasteiger partial charge < -0.3 is 4.74 Å². The molecule has 0 heterocycles. The summed E-state index contributed by atoms with van der Waals surface area (Å²) in [6, 6.07) is 11.0. The molecule has 8 nitrogen and oxygen atoms in total. The van der Waals surface area contributed by atoms with Crippen molar-refractivity contribution in [1.82, 2.24) is 4.72 Å². The van der Waals surface area contributed by atoms with E-state index in [4.69, 9.17) is 0 Å². The van der Waals surface area contributed by atoms with E-state index in [9.17, 15) is 23.3 Å². The normalized spacial score (nSPS) is 12.6. The van der Waals surface area contributed by atoms with Crippen LogP contribution in [0.15, 0.2) is 53.4 Å². The van der Waals surface area contributed by atoms with Crippen LogP contribution in [0.5, 0.6) is 0 Å². The minimum Gasteiger partial charge on any atom is -0.468 e. The van der Waals surface area contributed by atoms with E-state index in [0.717, 1.165) is 0 Å². The molecule has 0 unspecified atom stereocenters. The molecule has 2 aromatic rings. The molecule has 0 saturated heterocycles. The zero-order chi connectivity index (χ0) is 20.2. The van der Waals surface area contributed by atoms with E-state index < -0.39 is 27.0 Å². The number of non-ortho nitro benzene ring substituents is 1. The van der Waals surface area contributed by atoms with Crippen LogP contribution in [0.3, 0.4) is 0 Å². The smallest absolute Gasteiger partial charge is 0.324 e. The second kappa shape index (κ2) is 8.28. The van der Waals surface area contributed by atoms with Crippen LogP contribution in [0.1, 0.15) is 13.8 Å². The van der Waals surface area contributed by atoms with Crippen LogP contribution in [0.4, 0.5) is 5.69 Å². The van der Waals surface area contributed by atoms with Gasteiger partial charge in [0.1, 0.15) is 6.04 Å². The van der Waals surface area contributed by atoms with E-state index in [2.05, 4.69) is 9.46 Å². The van der Waals surface area contributed by atoms with Gasteiger partial charge in [-0.2, -0.15) is 4.72 Å². The van der Waals surface area contributed by atoms with Crippen molar-refractivity contribution in [3.8, 4) is 11.1 Å². The predicted molar refractivity (Wildman–Crippen MR) is 99.5 cm³/mol. The number of sulfonamides is 1. The molecule has 2 rings (SSSR count). The Kier molecular flexibility index (Phi) is 6.29. The summed E-state index contributed by atoms with van der Waals surface area (Å²) in [6.07, 6.45) is 0. The molecule has 9 heteroatoms. The van der Waals surface area contributed by atoms with Crippen LogP contribution >= 0.6 is 0 Å². The fourth-order valence-electron chi connectivity index (χ4n) is 2.42. The zero-order valence-corrected chi connectivity index (χ0v) is 15.9. The minimum atomic E-state index is -3.92. The fourth-order valence-corrected chi connectivity index (χ4v) is 3.75. The summed E-state index contributed by atoms with van der Waals surface area (Å²) in [5.74, 6) is -0.942. The topological polar surface area (TPSA) is 116 Å². The number of methoxy groups -OCH3 is 1. The van der Waals surface area contributed by atoms with Crippen molar-refractivity contribution in [3.05, 3.63) is 58.6 Å². The molecule has 0 fully saturated rings. The highest BCUT2D eigenvalue weighted by molar-refractivity contribution is 7.89. The highest BCUT2D eigenvalue weighted by atomic mass is 32.2. The Bertz CT molecular complexity index is 921. The Balaban J connectivity index is 2.24. The molecular formula is C18H20N2O6S. The Hall–Kier alpha value is -2.78. The number of hydrogen-bond donors (Lipinski definition) is 1. The molecule has 0 spiro atoms. The lowest BCUT2D eigenvalue weighted by atomic mass is 10.1. The third kappa shape index (κ3) is 4.89. The summed E-state index contributed by atoms with van der Waals surface area (Å²) in [4.78, 5) is 22.0. The van der Waals surface area contributed by atoms with Crippen molar-refractivity contribution in [2.45, 2.75) is 24.8 Å². The number of rotatable bonds is 7. The van der Waals surface area contributed by atoms with Crippen LogP contribution in [-0.4, -0.2) is 32.5 Å². The van der Waals surface area contributed by atoms with Crippen LogP contribution < -0.4 is 4.72 Å². The summed E-state index contributed by atoms with van der Waals surface area (Å²) in [7, 11) is -2.72. The molecule has 0 aliphatic carbocycles. The molecule has 1 atom stereocenters. The molecule has 0 amide bonds. The maximum Gasteiger partial charge on any atom is 0.324 e. The van der Waals surface area contributed by atoms with Gasteiger partial charge in [-0.25, -0.2) is 8.42 Å². The Labute approximate surface area is 157 Å². The molecule has 0 saturated carbocycles. The van der Waals surface area contributed by atoms with Crippen molar-refractivity contribution >= 4 is 21.7 Å². The molecule has 0 aliphatic rings. The number of carbonyl (C=O) groups excluding carboxylic acids is 1. The lowest BCUT2D eigenvalue weighted by Crippen LogP contribution is -2.44. The third-order valence-corrected chi connectivity index (χ3v) is 5.44. The first-order chi connectivity index (χ1) is 12.7. The maximum atomic E-state index is 12.5. The van der Waals surface area contributed by atoms with Gasteiger partial charge in [0.05, 0.1) is 16.9 Å². The van der Waals surface area contributed by atoms with Crippen LogP contribution in [0, 0.1) is 16.0 Å². The molecule has 0 aliphatic heterocycles. The third-order valence-electron chi connectivity index (χ3n) is 3.98. The quantitative estimate of drug-likeness (QED) is 0.441. The predicted octanol–water partition coefficient (Wildman–Crippen LogP) is 2.74. The average molecular weight is 391 g/mol. The standard InChI is InChI=1S/C18H20N2O6S/c1-12(2)17(18(21)26-3)19-27(24,25)16-10-6-14(7-11-16)13-4-8-15(9-5-13)20(22)23/h4-12,17,19H,1-3H3/t17-/m0/s1/i3-1. The first-order valence-electron chi connectivity index (χ1n) is 8.10. The number of nitro benzene ring substituents is 1. The van der Waals surface area contributed by atoms with E-state index in [-0.39, 0.29) is 16.5 Å². The van der Waals surface area contributed by atoms with E-state index in [1.54, 1.807) is 38.1 Å². The lowest BCUT2D eigenvalue weighted by Gasteiger charge is -2.19. The largest absolute Gasteiger partial charge is 0.468 e. The van der Waals surface area contributed by atoms with Crippen molar-refractivity contribution in [2.24, 2.45) is 5.92 Å². The average Bonchev–Trinajstić information content (AvgIpc) is 2.65. The fraction of sp³-hybridized carbons (Fsp3) is 0.278. The second-order valence-electron chi connectivity index (χ2n) is 6.19. The summed E-state index contributed by atoms with van der Waals surface area (Å²) in [5.41, 5.74) is 1.40. The van der Waals surface area contributed by atoms with Gasteiger partial charge in [0.2, 0.25) is 10.0 Å². The molecule has 0 radical (unpaired) electrons. The second-order valence-corrected chi connectivity index (χ2v) is 7.91. The summed E-state index contributed by atoms with van der Waals surface area (Å²) >= 11 is 0. The van der Waals surface area contributed by atoms with Gasteiger partial charge in [-0.05, 0) is 41.3 Å². The number of nitro groups is 1. The number of esters is 1. The van der Waals surface area contributed by atoms with Crippen molar-refractivity contribution < 1.29 is 22.9 Å². The highest BCUT2D eigenvalue weighted by Crippen LogP contribution is 2.24. The SMILES string of the molecule is CC(C)[C@H](NS(=O)(=O)c1ccc(-c2ccc([N+](=O)[O-])cc2)cc1)C(=O)O[11CH3]. The van der Waals surface area contributed by atoms with Gasteiger partial charge in [-0.15, -0.1) is 0 Å². The minimum absolute atomic E-state index is 0.00251. The van der Waals surface area contributed by atoms with Gasteiger partial charge in [-0.3, -0.25) is 14.9 Å². The van der Waals surface area contributed by atoms with E-state index in [1.807, 2.05) is 0 Å². The van der Waals surface area contributed by atoms with E-state index in [1.165, 1.54) is 31.4 Å². The first kappa shape index (κ1) is 20.5. The van der Waals surface area contributed by atoms with E-state index >= 15 is 0 Å². The van der Waals surface area contributed by atoms with Gasteiger partial charge >= 0.3 is 5.97 Å². The maximum absolute atomic E-state index is 12.5. The number of ether oxygens (including phenoxy) is 1. The van der Waals surface area contributed by atoms with Gasteiger partial charge in [0, 0.05) is 12.1 Å². The molecule has 1 N–H and O–H groups in total. The van der Waals surface area contributed by atoms with Crippen LogP contribution in [0.2, 0.25) is 0 Å². The highest BCUT2D eigenvalue weighted by Gasteiger charge is 2.29. The van der Waals surface area contributed by atoms with Crippen molar-refractivity contribution in [1.29, 1.82) is 0 Å².